The van der Waals surface area contributed by atoms with E-state index < -0.39 is 22.1 Å². The lowest BCUT2D eigenvalue weighted by atomic mass is 10.2. The van der Waals surface area contributed by atoms with E-state index in [1.54, 1.807) is 0 Å². The minimum Gasteiger partial charge on any atom is -0.493 e. The fourth-order valence-corrected chi connectivity index (χ4v) is 1.45. The maximum absolute atomic E-state index is 13.9. The molecule has 0 spiro atoms. The summed E-state index contributed by atoms with van der Waals surface area (Å²) in [6.07, 6.45) is 2.82. The van der Waals surface area contributed by atoms with Crippen LogP contribution in [0.2, 0.25) is 0 Å². The zero-order valence-corrected chi connectivity index (χ0v) is 9.33. The summed E-state index contributed by atoms with van der Waals surface area (Å²) >= 11 is 0. The highest BCUT2D eigenvalue weighted by Crippen LogP contribution is 2.28. The van der Waals surface area contributed by atoms with Gasteiger partial charge in [-0.3, -0.25) is 10.1 Å². The monoisotopic (exact) mass is 252 g/mol. The number of nitro benzene ring substituents is 1. The van der Waals surface area contributed by atoms with Crippen molar-refractivity contribution >= 4 is 11.4 Å². The van der Waals surface area contributed by atoms with Gasteiger partial charge in [0.15, 0.2) is 11.6 Å². The summed E-state index contributed by atoms with van der Waals surface area (Å²) in [7, 11) is 1.45. The van der Waals surface area contributed by atoms with Gasteiger partial charge in [-0.05, 0) is 6.07 Å². The number of nitrogens with zero attached hydrogens (tertiary/aromatic N) is 3. The SMILES string of the molecule is COc1cnn(-c2ccc([N+](=O)[O-])c(N)c2F)c1. The van der Waals surface area contributed by atoms with Crippen LogP contribution >= 0.6 is 0 Å². The van der Waals surface area contributed by atoms with E-state index in [2.05, 4.69) is 5.10 Å². The number of rotatable bonds is 3. The predicted octanol–water partition coefficient (Wildman–Crippen LogP) is 1.51. The quantitative estimate of drug-likeness (QED) is 0.507. The van der Waals surface area contributed by atoms with Crippen molar-refractivity contribution in [1.29, 1.82) is 0 Å². The molecule has 1 heterocycles. The molecule has 0 aliphatic rings. The van der Waals surface area contributed by atoms with E-state index in [4.69, 9.17) is 10.5 Å². The van der Waals surface area contributed by atoms with Crippen LogP contribution in [0.15, 0.2) is 24.5 Å². The molecule has 94 valence electrons. The van der Waals surface area contributed by atoms with Gasteiger partial charge in [-0.15, -0.1) is 0 Å². The maximum Gasteiger partial charge on any atom is 0.295 e. The summed E-state index contributed by atoms with van der Waals surface area (Å²) in [5, 5.41) is 14.4. The molecule has 1 aromatic carbocycles. The van der Waals surface area contributed by atoms with E-state index in [-0.39, 0.29) is 5.69 Å². The van der Waals surface area contributed by atoms with Gasteiger partial charge in [0, 0.05) is 6.07 Å². The number of aromatic nitrogens is 2. The van der Waals surface area contributed by atoms with Gasteiger partial charge in [0.1, 0.15) is 11.4 Å². The van der Waals surface area contributed by atoms with Gasteiger partial charge >= 0.3 is 0 Å². The van der Waals surface area contributed by atoms with Crippen LogP contribution in [0.25, 0.3) is 5.69 Å². The van der Waals surface area contributed by atoms with Gasteiger partial charge in [0.25, 0.3) is 5.69 Å². The van der Waals surface area contributed by atoms with E-state index in [0.29, 0.717) is 5.75 Å². The van der Waals surface area contributed by atoms with Crippen molar-refractivity contribution < 1.29 is 14.1 Å². The van der Waals surface area contributed by atoms with E-state index in [1.165, 1.54) is 30.3 Å². The van der Waals surface area contributed by atoms with Gasteiger partial charge in [-0.2, -0.15) is 5.10 Å². The number of anilines is 1. The lowest BCUT2D eigenvalue weighted by Crippen LogP contribution is -2.04. The summed E-state index contributed by atoms with van der Waals surface area (Å²) in [4.78, 5) is 9.84. The van der Waals surface area contributed by atoms with E-state index in [0.717, 1.165) is 6.07 Å². The van der Waals surface area contributed by atoms with E-state index >= 15 is 0 Å². The molecule has 0 amide bonds. The summed E-state index contributed by atoms with van der Waals surface area (Å²) in [6, 6.07) is 2.36. The zero-order valence-electron chi connectivity index (χ0n) is 9.33. The van der Waals surface area contributed by atoms with Crippen molar-refractivity contribution in [2.45, 2.75) is 0 Å². The minimum absolute atomic E-state index is 0.0152. The first kappa shape index (κ1) is 11.8. The molecule has 0 atom stereocenters. The Balaban J connectivity index is 2.53. The molecule has 0 radical (unpaired) electrons. The van der Waals surface area contributed by atoms with Crippen molar-refractivity contribution in [2.75, 3.05) is 12.8 Å². The Bertz CT molecular complexity index is 611. The van der Waals surface area contributed by atoms with Gasteiger partial charge in [-0.25, -0.2) is 9.07 Å². The second-order valence-corrected chi connectivity index (χ2v) is 3.41. The third kappa shape index (κ3) is 1.83. The second kappa shape index (κ2) is 4.32. The fourth-order valence-electron chi connectivity index (χ4n) is 1.45. The van der Waals surface area contributed by atoms with Crippen LogP contribution < -0.4 is 10.5 Å². The first-order chi connectivity index (χ1) is 8.54. The molecule has 1 aromatic heterocycles. The maximum atomic E-state index is 13.9. The third-order valence-electron chi connectivity index (χ3n) is 2.37. The number of hydrogen-bond acceptors (Lipinski definition) is 5. The average molecular weight is 252 g/mol. The van der Waals surface area contributed by atoms with Crippen molar-refractivity contribution in [3.05, 3.63) is 40.5 Å². The Morgan fingerprint density at radius 1 is 1.56 bits per heavy atom. The molecule has 2 N–H and O–H groups in total. The van der Waals surface area contributed by atoms with E-state index in [9.17, 15) is 14.5 Å². The number of halogens is 1. The zero-order chi connectivity index (χ0) is 13.3. The molecule has 0 saturated carbocycles. The molecular weight excluding hydrogens is 243 g/mol. The smallest absolute Gasteiger partial charge is 0.295 e. The molecule has 0 saturated heterocycles. The van der Waals surface area contributed by atoms with Gasteiger partial charge < -0.3 is 10.5 Å². The van der Waals surface area contributed by atoms with Crippen molar-refractivity contribution in [3.63, 3.8) is 0 Å². The number of ether oxygens (including phenoxy) is 1. The lowest BCUT2D eigenvalue weighted by Gasteiger charge is -2.05. The molecule has 18 heavy (non-hydrogen) atoms. The van der Waals surface area contributed by atoms with Crippen LogP contribution in [0.3, 0.4) is 0 Å². The number of methoxy groups -OCH3 is 1. The van der Waals surface area contributed by atoms with Crippen molar-refractivity contribution in [1.82, 2.24) is 9.78 Å². The molecule has 7 nitrogen and oxygen atoms in total. The number of hydrogen-bond donors (Lipinski definition) is 1. The predicted molar refractivity (Wildman–Crippen MR) is 61.1 cm³/mol. The molecule has 0 bridgehead atoms. The van der Waals surface area contributed by atoms with Crippen molar-refractivity contribution in [3.8, 4) is 11.4 Å². The van der Waals surface area contributed by atoms with Gasteiger partial charge in [0.2, 0.25) is 0 Å². The molecular formula is C10H9FN4O3. The summed E-state index contributed by atoms with van der Waals surface area (Å²) in [5.74, 6) is -0.457. The van der Waals surface area contributed by atoms with E-state index in [1.807, 2.05) is 0 Å². The number of benzene rings is 1. The van der Waals surface area contributed by atoms with Crippen LogP contribution in [0.5, 0.6) is 5.75 Å². The highest BCUT2D eigenvalue weighted by atomic mass is 19.1. The second-order valence-electron chi connectivity index (χ2n) is 3.41. The van der Waals surface area contributed by atoms with Crippen LogP contribution in [0.1, 0.15) is 0 Å². The Morgan fingerprint density at radius 3 is 2.83 bits per heavy atom. The highest BCUT2D eigenvalue weighted by Gasteiger charge is 2.19. The van der Waals surface area contributed by atoms with Crippen LogP contribution in [-0.4, -0.2) is 21.8 Å². The Labute approximate surface area is 101 Å². The number of nitrogen functional groups attached to an aromatic ring is 1. The molecule has 0 unspecified atom stereocenters. The number of nitrogens with two attached hydrogens (primary N) is 1. The van der Waals surface area contributed by atoms with Gasteiger partial charge in [-0.1, -0.05) is 0 Å². The highest BCUT2D eigenvalue weighted by molar-refractivity contribution is 5.63. The Hall–Kier alpha value is -2.64. The standard InChI is InChI=1S/C10H9FN4O3/c1-18-6-4-13-14(5-6)7-2-3-8(15(16)17)10(12)9(7)11/h2-5H,12H2,1H3. The van der Waals surface area contributed by atoms with Crippen molar-refractivity contribution in [2.24, 2.45) is 0 Å². The summed E-state index contributed by atoms with van der Waals surface area (Å²) in [6.45, 7) is 0. The third-order valence-corrected chi connectivity index (χ3v) is 2.37. The topological polar surface area (TPSA) is 96.2 Å². The Morgan fingerprint density at radius 2 is 2.28 bits per heavy atom. The molecule has 2 aromatic rings. The van der Waals surface area contributed by atoms with Crippen LogP contribution in [0.4, 0.5) is 15.8 Å². The van der Waals surface area contributed by atoms with Crippen LogP contribution in [-0.2, 0) is 0 Å². The molecule has 0 aliphatic heterocycles. The molecule has 0 aliphatic carbocycles. The minimum atomic E-state index is -0.894. The lowest BCUT2D eigenvalue weighted by molar-refractivity contribution is -0.384. The molecule has 8 heteroatoms. The molecule has 2 rings (SSSR count). The van der Waals surface area contributed by atoms with Crippen LogP contribution in [0, 0.1) is 15.9 Å². The Kier molecular flexibility index (Phi) is 2.84. The summed E-state index contributed by atoms with van der Waals surface area (Å²) < 4.78 is 20.0. The summed E-state index contributed by atoms with van der Waals surface area (Å²) in [5.41, 5.74) is 4.39. The largest absolute Gasteiger partial charge is 0.493 e. The van der Waals surface area contributed by atoms with Gasteiger partial charge in [0.05, 0.1) is 24.4 Å². The first-order valence-corrected chi connectivity index (χ1v) is 4.86. The average Bonchev–Trinajstić information content (AvgIpc) is 2.80. The molecule has 0 fully saturated rings. The number of nitro groups is 1. The first-order valence-electron chi connectivity index (χ1n) is 4.86. The fraction of sp³-hybridized carbons (Fsp3) is 0.100. The normalized spacial score (nSPS) is 10.3.